The lowest BCUT2D eigenvalue weighted by Gasteiger charge is -2.15. The third-order valence-corrected chi connectivity index (χ3v) is 0.869. The Hall–Kier alpha value is -1.23. The van der Waals surface area contributed by atoms with Gasteiger partial charge in [0.25, 0.3) is 0 Å². The summed E-state index contributed by atoms with van der Waals surface area (Å²) in [5.41, 5.74) is 0. The second-order valence-corrected chi connectivity index (χ2v) is 1.72. The fourth-order valence-electron chi connectivity index (χ4n) is 0.392. The molecule has 0 aromatic heterocycles. The van der Waals surface area contributed by atoms with Gasteiger partial charge in [0.1, 0.15) is 0 Å². The lowest BCUT2D eigenvalue weighted by molar-refractivity contribution is -0.0272. The van der Waals surface area contributed by atoms with Crippen molar-refractivity contribution >= 4 is 6.03 Å². The minimum Gasteiger partial charge on any atom is -0.514 e. The van der Waals surface area contributed by atoms with Gasteiger partial charge in [-0.1, -0.05) is 0 Å². The van der Waals surface area contributed by atoms with Crippen molar-refractivity contribution in [3.63, 3.8) is 0 Å². The molecular weight excluding hydrogens is 136 g/mol. The number of carbonyl (C=O) groups excluding carboxylic acids is 1. The van der Waals surface area contributed by atoms with Crippen LogP contribution in [0.3, 0.4) is 0 Å². The highest BCUT2D eigenvalue weighted by atomic mass is 16.5. The average molecular weight is 146 g/mol. The molecule has 2 amide bonds. The van der Waals surface area contributed by atoms with Crippen LogP contribution >= 0.6 is 0 Å². The molecule has 0 unspecified atom stereocenters. The second kappa shape index (κ2) is 3.73. The maximum absolute atomic E-state index is 10.7. The highest BCUT2D eigenvalue weighted by Crippen LogP contribution is 1.89. The molecule has 10 heavy (non-hydrogen) atoms. The molecule has 0 saturated heterocycles. The lowest BCUT2D eigenvalue weighted by atomic mass is 10.7. The first-order valence-corrected chi connectivity index (χ1v) is 2.60. The monoisotopic (exact) mass is 146 g/mol. The molecule has 0 atom stereocenters. The highest BCUT2D eigenvalue weighted by molar-refractivity contribution is 5.73. The van der Waals surface area contributed by atoms with E-state index in [2.05, 4.69) is 0 Å². The molecule has 0 fully saturated rings. The molecule has 0 saturated carbocycles. The second-order valence-electron chi connectivity index (χ2n) is 1.72. The fourth-order valence-corrected chi connectivity index (χ4v) is 0.392. The van der Waals surface area contributed by atoms with E-state index < -0.39 is 6.03 Å². The Labute approximate surface area is 58.7 Å². The number of carbonyl (C=O) groups is 1. The van der Waals surface area contributed by atoms with Gasteiger partial charge in [-0.15, -0.1) is 0 Å². The molecule has 0 aromatic carbocycles. The fraction of sp³-hybridized carbons (Fsp3) is 0.400. The molecular formula is C5H10N2O3. The molecule has 58 valence electrons. The van der Waals surface area contributed by atoms with Crippen molar-refractivity contribution in [3.05, 3.63) is 12.5 Å². The lowest BCUT2D eigenvalue weighted by Crippen LogP contribution is -2.33. The van der Waals surface area contributed by atoms with Gasteiger partial charge in [0.2, 0.25) is 0 Å². The Bertz CT molecular complexity index is 144. The minimum atomic E-state index is -0.620. The topological polar surface area (TPSA) is 64.0 Å². The number of hydrogen-bond donors (Lipinski definition) is 2. The molecule has 0 aliphatic heterocycles. The maximum Gasteiger partial charge on any atom is 0.347 e. The molecule has 0 aliphatic carbocycles. The van der Waals surface area contributed by atoms with E-state index in [-0.39, 0.29) is 0 Å². The van der Waals surface area contributed by atoms with Gasteiger partial charge in [-0.2, -0.15) is 0 Å². The van der Waals surface area contributed by atoms with Crippen LogP contribution in [0.2, 0.25) is 0 Å². The number of nitrogens with zero attached hydrogens (tertiary/aromatic N) is 2. The Morgan fingerprint density at radius 1 is 1.50 bits per heavy atom. The van der Waals surface area contributed by atoms with Crippen molar-refractivity contribution in [3.8, 4) is 0 Å². The third kappa shape index (κ3) is 2.36. The Morgan fingerprint density at radius 2 is 2.00 bits per heavy atom. The summed E-state index contributed by atoms with van der Waals surface area (Å²) in [6, 6.07) is -0.620. The normalized spacial score (nSPS) is 9.90. The largest absolute Gasteiger partial charge is 0.514 e. The number of amides is 2. The van der Waals surface area contributed by atoms with Crippen LogP contribution in [0.25, 0.3) is 0 Å². The van der Waals surface area contributed by atoms with Crippen molar-refractivity contribution < 1.29 is 15.1 Å². The Morgan fingerprint density at radius 3 is 2.30 bits per heavy atom. The van der Waals surface area contributed by atoms with Crippen molar-refractivity contribution in [1.29, 1.82) is 0 Å². The van der Waals surface area contributed by atoms with Gasteiger partial charge < -0.3 is 5.11 Å². The van der Waals surface area contributed by atoms with E-state index in [0.29, 0.717) is 11.3 Å². The predicted molar refractivity (Wildman–Crippen MR) is 34.5 cm³/mol. The van der Waals surface area contributed by atoms with Crippen LogP contribution in [0.5, 0.6) is 0 Å². The maximum atomic E-state index is 10.7. The zero-order valence-electron chi connectivity index (χ0n) is 5.85. The van der Waals surface area contributed by atoms with E-state index in [0.717, 1.165) is 11.1 Å². The zero-order valence-corrected chi connectivity index (χ0v) is 5.85. The third-order valence-electron chi connectivity index (χ3n) is 0.869. The summed E-state index contributed by atoms with van der Waals surface area (Å²) in [7, 11) is 2.60. The highest BCUT2D eigenvalue weighted by Gasteiger charge is 2.07. The number of aliphatic hydroxyl groups is 1. The molecule has 0 spiro atoms. The van der Waals surface area contributed by atoms with Gasteiger partial charge in [0.05, 0.1) is 6.26 Å². The van der Waals surface area contributed by atoms with Crippen molar-refractivity contribution in [2.45, 2.75) is 0 Å². The van der Waals surface area contributed by atoms with E-state index in [4.69, 9.17) is 10.3 Å². The molecule has 0 rings (SSSR count). The summed E-state index contributed by atoms with van der Waals surface area (Å²) in [5.74, 6) is 0. The minimum absolute atomic E-state index is 0.417. The summed E-state index contributed by atoms with van der Waals surface area (Å²) in [5, 5.41) is 17.2. The van der Waals surface area contributed by atoms with Crippen molar-refractivity contribution in [1.82, 2.24) is 9.96 Å². The van der Waals surface area contributed by atoms with Crippen LogP contribution in [0.4, 0.5) is 4.79 Å². The molecule has 5 heteroatoms. The van der Waals surface area contributed by atoms with Crippen LogP contribution in [0, 0.1) is 0 Å². The summed E-state index contributed by atoms with van der Waals surface area (Å²) in [4.78, 5) is 11.7. The summed E-state index contributed by atoms with van der Waals surface area (Å²) in [6.07, 6.45) is 1.83. The van der Waals surface area contributed by atoms with Crippen molar-refractivity contribution in [2.75, 3.05) is 14.1 Å². The van der Waals surface area contributed by atoms with Crippen molar-refractivity contribution in [2.24, 2.45) is 0 Å². The van der Waals surface area contributed by atoms with E-state index in [9.17, 15) is 4.79 Å². The van der Waals surface area contributed by atoms with E-state index >= 15 is 0 Å². The summed E-state index contributed by atoms with van der Waals surface area (Å²) >= 11 is 0. The van der Waals surface area contributed by atoms with Crippen LogP contribution in [-0.2, 0) is 0 Å². The predicted octanol–water partition coefficient (Wildman–Crippen LogP) is 0.388. The Kier molecular flexibility index (Phi) is 3.27. The number of urea groups is 1. The first-order valence-electron chi connectivity index (χ1n) is 2.60. The number of hydrogen-bond acceptors (Lipinski definition) is 3. The first-order chi connectivity index (χ1) is 4.59. The van der Waals surface area contributed by atoms with Gasteiger partial charge in [0, 0.05) is 20.3 Å². The van der Waals surface area contributed by atoms with Crippen LogP contribution in [0.15, 0.2) is 12.5 Å². The molecule has 0 heterocycles. The molecule has 0 bridgehead atoms. The first kappa shape index (κ1) is 8.77. The molecule has 2 N–H and O–H groups in total. The summed E-state index contributed by atoms with van der Waals surface area (Å²) < 4.78 is 0. The molecule has 0 aromatic rings. The van der Waals surface area contributed by atoms with Crippen LogP contribution < -0.4 is 0 Å². The van der Waals surface area contributed by atoms with Crippen LogP contribution in [0.1, 0.15) is 0 Å². The van der Waals surface area contributed by atoms with Gasteiger partial charge >= 0.3 is 6.03 Å². The number of aliphatic hydroxyl groups excluding tert-OH is 1. The zero-order chi connectivity index (χ0) is 8.15. The summed E-state index contributed by atoms with van der Waals surface area (Å²) in [6.45, 7) is 0. The van der Waals surface area contributed by atoms with Gasteiger partial charge in [-0.05, 0) is 0 Å². The molecule has 0 aliphatic rings. The van der Waals surface area contributed by atoms with E-state index in [1.54, 1.807) is 0 Å². The van der Waals surface area contributed by atoms with Crippen LogP contribution in [-0.4, -0.2) is 40.4 Å². The molecule has 0 radical (unpaired) electrons. The van der Waals surface area contributed by atoms with Gasteiger partial charge in [-0.25, -0.2) is 9.86 Å². The number of rotatable bonds is 1. The standard InChI is InChI=1S/C5H10N2O3/c1-6(3-4-8)5(9)7(2)10/h3-4,8,10H,1-2H3. The van der Waals surface area contributed by atoms with Gasteiger partial charge in [0.15, 0.2) is 0 Å². The Balaban J connectivity index is 3.95. The van der Waals surface area contributed by atoms with E-state index in [1.807, 2.05) is 0 Å². The smallest absolute Gasteiger partial charge is 0.347 e. The average Bonchev–Trinajstić information content (AvgIpc) is 1.87. The SMILES string of the molecule is CN(O)C(=O)N(C)C=CO. The quantitative estimate of drug-likeness (QED) is 0.319. The van der Waals surface area contributed by atoms with E-state index in [1.165, 1.54) is 14.1 Å². The van der Waals surface area contributed by atoms with Gasteiger partial charge in [-0.3, -0.25) is 10.1 Å². The molecule has 5 nitrogen and oxygen atoms in total. The number of hydroxylamine groups is 2.